The van der Waals surface area contributed by atoms with Gasteiger partial charge in [0.05, 0.1) is 0 Å². The van der Waals surface area contributed by atoms with Crippen molar-refractivity contribution in [1.29, 1.82) is 0 Å². The Balaban J connectivity index is 2.20. The number of nitrogens with one attached hydrogen (secondary N) is 1. The Kier molecular flexibility index (Phi) is 5.61. The Morgan fingerprint density at radius 1 is 1.19 bits per heavy atom. The molecule has 2 atom stereocenters. The monoisotopic (exact) mass is 400 g/mol. The lowest BCUT2D eigenvalue weighted by molar-refractivity contribution is -0.150. The molecule has 1 N–H and O–H groups in total. The van der Waals surface area contributed by atoms with Crippen molar-refractivity contribution in [3.63, 3.8) is 0 Å². The molecule has 2 unspecified atom stereocenters. The van der Waals surface area contributed by atoms with Crippen LogP contribution in [0.2, 0.25) is 0 Å². The van der Waals surface area contributed by atoms with Gasteiger partial charge in [0.25, 0.3) is 0 Å². The van der Waals surface area contributed by atoms with E-state index < -0.39 is 0 Å². The predicted octanol–water partition coefficient (Wildman–Crippen LogP) is 2.70. The van der Waals surface area contributed by atoms with Crippen LogP contribution in [0.25, 0.3) is 0 Å². The van der Waals surface area contributed by atoms with Crippen LogP contribution in [-0.4, -0.2) is 28.8 Å². The largest absolute Gasteiger partial charge is 0.343 e. The topological polar surface area (TPSA) is 49.4 Å². The maximum absolute atomic E-state index is 12.6. The predicted molar refractivity (Wildman–Crippen MR) is 90.6 cm³/mol. The molecule has 114 valence electrons. The molecule has 2 amide bonds. The molecule has 2 rings (SSSR count). The molecule has 1 aliphatic rings. The molecule has 0 saturated carbocycles. The summed E-state index contributed by atoms with van der Waals surface area (Å²) in [6.45, 7) is 4.47. The first-order valence-electron chi connectivity index (χ1n) is 7.42. The number of rotatable bonds is 5. The van der Waals surface area contributed by atoms with Gasteiger partial charge < -0.3 is 10.2 Å². The lowest BCUT2D eigenvalue weighted by atomic mass is 10.0. The normalized spacial score (nSPS) is 22.3. The number of nitrogens with zero attached hydrogens (tertiary/aromatic N) is 1. The minimum absolute atomic E-state index is 0.0268. The van der Waals surface area contributed by atoms with Crippen molar-refractivity contribution in [3.8, 4) is 0 Å². The Morgan fingerprint density at radius 3 is 2.43 bits per heavy atom. The van der Waals surface area contributed by atoms with E-state index >= 15 is 0 Å². The third kappa shape index (κ3) is 3.75. The average molecular weight is 400 g/mol. The van der Waals surface area contributed by atoms with Crippen LogP contribution < -0.4 is 5.32 Å². The number of halogens is 1. The standard InChI is InChI=1S/C16H21IN2O2/c1-3-5-13-16(21)19(14(4-2)15(20)18-13)10-11-6-8-12(17)9-7-11/h6-9,13-14H,3-5,10H2,1-2H3,(H,18,20). The van der Waals surface area contributed by atoms with E-state index in [0.29, 0.717) is 19.4 Å². The van der Waals surface area contributed by atoms with Crippen molar-refractivity contribution < 1.29 is 9.59 Å². The van der Waals surface area contributed by atoms with E-state index in [4.69, 9.17) is 0 Å². The number of benzene rings is 1. The van der Waals surface area contributed by atoms with Gasteiger partial charge in [0.15, 0.2) is 0 Å². The summed E-state index contributed by atoms with van der Waals surface area (Å²) in [5.41, 5.74) is 1.06. The van der Waals surface area contributed by atoms with Crippen molar-refractivity contribution >= 4 is 34.4 Å². The maximum Gasteiger partial charge on any atom is 0.246 e. The lowest BCUT2D eigenvalue weighted by Crippen LogP contribution is -2.62. The number of hydrogen-bond donors (Lipinski definition) is 1. The first-order chi connectivity index (χ1) is 10.1. The van der Waals surface area contributed by atoms with Gasteiger partial charge in [-0.2, -0.15) is 0 Å². The smallest absolute Gasteiger partial charge is 0.246 e. The number of piperazine rings is 1. The number of amides is 2. The van der Waals surface area contributed by atoms with Gasteiger partial charge in [-0.15, -0.1) is 0 Å². The first kappa shape index (κ1) is 16.3. The summed E-state index contributed by atoms with van der Waals surface area (Å²) in [5.74, 6) is 0.0166. The molecule has 21 heavy (non-hydrogen) atoms. The van der Waals surface area contributed by atoms with E-state index in [1.165, 1.54) is 0 Å². The Bertz CT molecular complexity index is 516. The minimum atomic E-state index is -0.367. The highest BCUT2D eigenvalue weighted by Crippen LogP contribution is 2.19. The molecular weight excluding hydrogens is 379 g/mol. The van der Waals surface area contributed by atoms with Crippen LogP contribution in [-0.2, 0) is 16.1 Å². The molecule has 5 heteroatoms. The zero-order chi connectivity index (χ0) is 15.4. The van der Waals surface area contributed by atoms with Gasteiger partial charge in [0.1, 0.15) is 12.1 Å². The maximum atomic E-state index is 12.6. The number of carbonyl (C=O) groups is 2. The number of hydrogen-bond acceptors (Lipinski definition) is 2. The Morgan fingerprint density at radius 2 is 1.86 bits per heavy atom. The second-order valence-corrected chi connectivity index (χ2v) is 6.61. The molecule has 1 aromatic carbocycles. The molecule has 0 aliphatic carbocycles. The molecule has 1 aromatic rings. The van der Waals surface area contributed by atoms with Crippen molar-refractivity contribution in [2.75, 3.05) is 0 Å². The van der Waals surface area contributed by atoms with Crippen LogP contribution in [0.3, 0.4) is 0 Å². The molecular formula is C16H21IN2O2. The molecule has 0 radical (unpaired) electrons. The minimum Gasteiger partial charge on any atom is -0.343 e. The summed E-state index contributed by atoms with van der Waals surface area (Å²) in [6.07, 6.45) is 2.22. The first-order valence-corrected chi connectivity index (χ1v) is 8.50. The molecule has 0 aromatic heterocycles. The van der Waals surface area contributed by atoms with Crippen molar-refractivity contribution in [2.24, 2.45) is 0 Å². The molecule has 0 bridgehead atoms. The van der Waals surface area contributed by atoms with Gasteiger partial charge in [-0.1, -0.05) is 32.4 Å². The molecule has 1 aliphatic heterocycles. The van der Waals surface area contributed by atoms with Crippen LogP contribution in [0.1, 0.15) is 38.7 Å². The molecule has 4 nitrogen and oxygen atoms in total. The van der Waals surface area contributed by atoms with E-state index in [9.17, 15) is 9.59 Å². The molecule has 1 saturated heterocycles. The average Bonchev–Trinajstić information content (AvgIpc) is 2.47. The highest BCUT2D eigenvalue weighted by atomic mass is 127. The quantitative estimate of drug-likeness (QED) is 0.773. The Hall–Kier alpha value is -1.11. The van der Waals surface area contributed by atoms with Crippen LogP contribution in [0.15, 0.2) is 24.3 Å². The summed E-state index contributed by atoms with van der Waals surface area (Å²) >= 11 is 2.26. The second-order valence-electron chi connectivity index (χ2n) is 5.37. The SMILES string of the molecule is CCCC1NC(=O)C(CC)N(Cc2ccc(I)cc2)C1=O. The summed E-state index contributed by atoms with van der Waals surface area (Å²) in [7, 11) is 0. The summed E-state index contributed by atoms with van der Waals surface area (Å²) in [6, 6.07) is 7.36. The summed E-state index contributed by atoms with van der Waals surface area (Å²) in [4.78, 5) is 26.6. The van der Waals surface area contributed by atoms with E-state index in [1.54, 1.807) is 4.90 Å². The number of carbonyl (C=O) groups excluding carboxylic acids is 2. The summed E-state index contributed by atoms with van der Waals surface area (Å²) in [5, 5.41) is 2.86. The molecule has 0 spiro atoms. The fraction of sp³-hybridized carbons (Fsp3) is 0.500. The fourth-order valence-corrected chi connectivity index (χ4v) is 3.05. The van der Waals surface area contributed by atoms with E-state index in [2.05, 4.69) is 27.9 Å². The highest BCUT2D eigenvalue weighted by molar-refractivity contribution is 14.1. The van der Waals surface area contributed by atoms with Gasteiger partial charge in [0, 0.05) is 10.1 Å². The van der Waals surface area contributed by atoms with Crippen molar-refractivity contribution in [1.82, 2.24) is 10.2 Å². The van der Waals surface area contributed by atoms with Gasteiger partial charge in [-0.3, -0.25) is 9.59 Å². The van der Waals surface area contributed by atoms with Gasteiger partial charge in [0.2, 0.25) is 11.8 Å². The van der Waals surface area contributed by atoms with Gasteiger partial charge in [-0.25, -0.2) is 0 Å². The van der Waals surface area contributed by atoms with E-state index in [1.807, 2.05) is 38.1 Å². The van der Waals surface area contributed by atoms with E-state index in [0.717, 1.165) is 15.6 Å². The molecule has 1 fully saturated rings. The lowest BCUT2D eigenvalue weighted by Gasteiger charge is -2.38. The zero-order valence-corrected chi connectivity index (χ0v) is 14.6. The highest BCUT2D eigenvalue weighted by Gasteiger charge is 2.38. The summed E-state index contributed by atoms with van der Waals surface area (Å²) < 4.78 is 1.16. The van der Waals surface area contributed by atoms with Gasteiger partial charge in [-0.05, 0) is 53.1 Å². The zero-order valence-electron chi connectivity index (χ0n) is 12.4. The third-order valence-electron chi connectivity index (χ3n) is 3.81. The van der Waals surface area contributed by atoms with Crippen molar-refractivity contribution in [3.05, 3.63) is 33.4 Å². The Labute approximate surface area is 139 Å². The second kappa shape index (κ2) is 7.24. The van der Waals surface area contributed by atoms with Gasteiger partial charge >= 0.3 is 0 Å². The fourth-order valence-electron chi connectivity index (χ4n) is 2.69. The van der Waals surface area contributed by atoms with E-state index in [-0.39, 0.29) is 23.9 Å². The van der Waals surface area contributed by atoms with Crippen LogP contribution in [0.4, 0.5) is 0 Å². The molecule has 1 heterocycles. The van der Waals surface area contributed by atoms with Crippen LogP contribution >= 0.6 is 22.6 Å². The van der Waals surface area contributed by atoms with Crippen molar-refractivity contribution in [2.45, 2.75) is 51.7 Å². The third-order valence-corrected chi connectivity index (χ3v) is 4.53. The van der Waals surface area contributed by atoms with Crippen LogP contribution in [0, 0.1) is 3.57 Å². The van der Waals surface area contributed by atoms with Crippen LogP contribution in [0.5, 0.6) is 0 Å².